The van der Waals surface area contributed by atoms with Crippen LogP contribution in [0.5, 0.6) is 5.75 Å². The number of phenolic OH excluding ortho intramolecular Hbond substituents is 1. The van der Waals surface area contributed by atoms with Gasteiger partial charge in [-0.15, -0.1) is 0 Å². The summed E-state index contributed by atoms with van der Waals surface area (Å²) in [6.07, 6.45) is 0. The van der Waals surface area contributed by atoms with Gasteiger partial charge in [0.05, 0.1) is 12.8 Å². The predicted molar refractivity (Wildman–Crippen MR) is 85.0 cm³/mol. The highest BCUT2D eigenvalue weighted by atomic mass is 32.2. The highest BCUT2D eigenvalue weighted by Crippen LogP contribution is 2.39. The average Bonchev–Trinajstić information content (AvgIpc) is 2.48. The molecule has 0 radical (unpaired) electrons. The van der Waals surface area contributed by atoms with Crippen LogP contribution in [0.1, 0.15) is 13.8 Å². The Hall–Kier alpha value is -2.12. The lowest BCUT2D eigenvalue weighted by molar-refractivity contribution is -0.145. The van der Waals surface area contributed by atoms with Crippen LogP contribution in [-0.4, -0.2) is 32.5 Å². The maximum absolute atomic E-state index is 11.9. The molecule has 0 aliphatic heterocycles. The van der Waals surface area contributed by atoms with Crippen LogP contribution >= 0.6 is 0 Å². The fraction of sp³-hybridized carbons (Fsp3) is 0.267. The second kappa shape index (κ2) is 5.94. The van der Waals surface area contributed by atoms with E-state index >= 15 is 0 Å². The molecule has 0 aliphatic carbocycles. The molecule has 0 aliphatic rings. The van der Waals surface area contributed by atoms with Gasteiger partial charge in [-0.1, -0.05) is 30.3 Å². The van der Waals surface area contributed by atoms with E-state index in [0.717, 1.165) is 9.69 Å². The SMILES string of the molecule is COC(=O)C(C)(C)N(c1ccc2ccccc2c1O)S(=O)O. The monoisotopic (exact) mass is 323 g/mol. The van der Waals surface area contributed by atoms with Crippen LogP contribution in [0.25, 0.3) is 10.8 Å². The van der Waals surface area contributed by atoms with Crippen LogP contribution in [0.4, 0.5) is 5.69 Å². The minimum Gasteiger partial charge on any atom is -0.505 e. The van der Waals surface area contributed by atoms with E-state index in [4.69, 9.17) is 0 Å². The Labute approximate surface area is 130 Å². The molecule has 0 saturated carbocycles. The van der Waals surface area contributed by atoms with E-state index in [2.05, 4.69) is 4.74 Å². The van der Waals surface area contributed by atoms with E-state index in [1.165, 1.54) is 27.0 Å². The second-order valence-electron chi connectivity index (χ2n) is 5.23. The van der Waals surface area contributed by atoms with Gasteiger partial charge in [0.15, 0.2) is 0 Å². The van der Waals surface area contributed by atoms with E-state index in [-0.39, 0.29) is 11.4 Å². The smallest absolute Gasteiger partial charge is 0.332 e. The zero-order chi connectivity index (χ0) is 16.5. The molecular formula is C15H17NO5S. The van der Waals surface area contributed by atoms with Gasteiger partial charge in [-0.05, 0) is 25.3 Å². The molecule has 2 N–H and O–H groups in total. The van der Waals surface area contributed by atoms with Crippen molar-refractivity contribution in [1.29, 1.82) is 0 Å². The number of benzene rings is 2. The lowest BCUT2D eigenvalue weighted by Crippen LogP contribution is -2.51. The number of hydrogen-bond acceptors (Lipinski definition) is 4. The Morgan fingerprint density at radius 3 is 2.45 bits per heavy atom. The van der Waals surface area contributed by atoms with Crippen molar-refractivity contribution in [3.63, 3.8) is 0 Å². The molecule has 22 heavy (non-hydrogen) atoms. The molecule has 1 atom stereocenters. The normalized spacial score (nSPS) is 12.9. The number of carbonyl (C=O) groups excluding carboxylic acids is 1. The molecule has 2 aromatic carbocycles. The summed E-state index contributed by atoms with van der Waals surface area (Å²) in [4.78, 5) is 11.9. The molecule has 6 nitrogen and oxygen atoms in total. The molecule has 2 aromatic rings. The Bertz CT molecular complexity index is 744. The number of nitrogens with zero attached hydrogens (tertiary/aromatic N) is 1. The average molecular weight is 323 g/mol. The van der Waals surface area contributed by atoms with Crippen LogP contribution in [-0.2, 0) is 20.8 Å². The predicted octanol–water partition coefficient (Wildman–Crippen LogP) is 2.44. The summed E-state index contributed by atoms with van der Waals surface area (Å²) >= 11 is -2.53. The molecule has 0 saturated heterocycles. The molecule has 2 rings (SSSR count). The third-order valence-corrected chi connectivity index (χ3v) is 4.41. The van der Waals surface area contributed by atoms with Gasteiger partial charge in [0.25, 0.3) is 11.3 Å². The second-order valence-corrected chi connectivity index (χ2v) is 6.06. The summed E-state index contributed by atoms with van der Waals surface area (Å²) in [5, 5.41) is 11.8. The molecule has 0 aromatic heterocycles. The highest BCUT2D eigenvalue weighted by molar-refractivity contribution is 7.80. The molecule has 0 amide bonds. The summed E-state index contributed by atoms with van der Waals surface area (Å²) in [5.41, 5.74) is -1.36. The topological polar surface area (TPSA) is 87.1 Å². The van der Waals surface area contributed by atoms with Crippen LogP contribution in [0.15, 0.2) is 36.4 Å². The fourth-order valence-corrected chi connectivity index (χ4v) is 3.10. The fourth-order valence-electron chi connectivity index (χ4n) is 2.32. The highest BCUT2D eigenvalue weighted by Gasteiger charge is 2.40. The van der Waals surface area contributed by atoms with Gasteiger partial charge in [0, 0.05) is 5.39 Å². The van der Waals surface area contributed by atoms with Crippen molar-refractivity contribution in [3.05, 3.63) is 36.4 Å². The molecule has 0 spiro atoms. The third-order valence-electron chi connectivity index (χ3n) is 3.45. The van der Waals surface area contributed by atoms with E-state index in [1.54, 1.807) is 18.2 Å². The summed E-state index contributed by atoms with van der Waals surface area (Å²) in [5.74, 6) is -0.861. The molecule has 0 fully saturated rings. The van der Waals surface area contributed by atoms with Gasteiger partial charge in [0.1, 0.15) is 11.3 Å². The maximum Gasteiger partial charge on any atom is 0.332 e. The van der Waals surface area contributed by atoms with Gasteiger partial charge in [-0.2, -0.15) is 0 Å². The van der Waals surface area contributed by atoms with Crippen LogP contribution in [0, 0.1) is 0 Å². The number of hydrogen-bond donors (Lipinski definition) is 2. The lowest BCUT2D eigenvalue weighted by Gasteiger charge is -2.34. The van der Waals surface area contributed by atoms with Crippen LogP contribution < -0.4 is 4.31 Å². The van der Waals surface area contributed by atoms with Crippen molar-refractivity contribution in [3.8, 4) is 5.75 Å². The lowest BCUT2D eigenvalue weighted by atomic mass is 10.0. The van der Waals surface area contributed by atoms with Gasteiger partial charge in [-0.3, -0.25) is 4.55 Å². The van der Waals surface area contributed by atoms with Crippen molar-refractivity contribution in [2.45, 2.75) is 19.4 Å². The number of fused-ring (bicyclic) bond motifs is 1. The Morgan fingerprint density at radius 2 is 1.86 bits per heavy atom. The van der Waals surface area contributed by atoms with E-state index in [9.17, 15) is 18.7 Å². The summed E-state index contributed by atoms with van der Waals surface area (Å²) < 4.78 is 27.0. The molecular weight excluding hydrogens is 306 g/mol. The molecule has 0 bridgehead atoms. The largest absolute Gasteiger partial charge is 0.505 e. The van der Waals surface area contributed by atoms with Crippen molar-refractivity contribution in [2.75, 3.05) is 11.4 Å². The molecule has 118 valence electrons. The Morgan fingerprint density at radius 1 is 1.23 bits per heavy atom. The standard InChI is InChI=1S/C15H17NO5S/c1-15(2,14(18)21-3)16(22(19)20)12-9-8-10-6-4-5-7-11(10)13(12)17/h4-9,17H,1-3H3,(H,19,20). The number of ether oxygens (including phenoxy) is 1. The first-order valence-corrected chi connectivity index (χ1v) is 7.57. The minimum absolute atomic E-state index is 0.0786. The number of aromatic hydroxyl groups is 1. The number of phenols is 1. The van der Waals surface area contributed by atoms with E-state index < -0.39 is 22.8 Å². The summed E-state index contributed by atoms with van der Waals surface area (Å²) in [6, 6.07) is 10.3. The van der Waals surface area contributed by atoms with Gasteiger partial charge in [0.2, 0.25) is 0 Å². The molecule has 1 unspecified atom stereocenters. The van der Waals surface area contributed by atoms with Crippen molar-refractivity contribution < 1.29 is 23.4 Å². The van der Waals surface area contributed by atoms with Crippen molar-refractivity contribution in [2.24, 2.45) is 0 Å². The van der Waals surface area contributed by atoms with Gasteiger partial charge >= 0.3 is 5.97 Å². The number of rotatable bonds is 4. The Kier molecular flexibility index (Phi) is 4.39. The number of methoxy groups -OCH3 is 1. The third kappa shape index (κ3) is 2.65. The first kappa shape index (κ1) is 16.3. The first-order chi connectivity index (χ1) is 10.3. The minimum atomic E-state index is -2.53. The summed E-state index contributed by atoms with van der Waals surface area (Å²) in [6.45, 7) is 2.89. The van der Waals surface area contributed by atoms with E-state index in [0.29, 0.717) is 5.39 Å². The van der Waals surface area contributed by atoms with Crippen LogP contribution in [0.3, 0.4) is 0 Å². The molecule has 0 heterocycles. The van der Waals surface area contributed by atoms with Gasteiger partial charge < -0.3 is 9.84 Å². The number of esters is 1. The Balaban J connectivity index is 2.67. The zero-order valence-corrected chi connectivity index (χ0v) is 13.3. The quantitative estimate of drug-likeness (QED) is 0.666. The first-order valence-electron chi connectivity index (χ1n) is 6.51. The van der Waals surface area contributed by atoms with Crippen LogP contribution in [0.2, 0.25) is 0 Å². The summed E-state index contributed by atoms with van der Waals surface area (Å²) in [7, 11) is 1.20. The maximum atomic E-state index is 11.9. The van der Waals surface area contributed by atoms with Gasteiger partial charge in [-0.25, -0.2) is 13.3 Å². The number of anilines is 1. The van der Waals surface area contributed by atoms with Crippen molar-refractivity contribution >= 4 is 33.7 Å². The van der Waals surface area contributed by atoms with Crippen molar-refractivity contribution in [1.82, 2.24) is 0 Å². The number of carbonyl (C=O) groups is 1. The molecule has 7 heteroatoms. The zero-order valence-electron chi connectivity index (χ0n) is 12.4. The van der Waals surface area contributed by atoms with E-state index in [1.807, 2.05) is 12.1 Å².